The second-order valence-corrected chi connectivity index (χ2v) is 6.31. The third-order valence-corrected chi connectivity index (χ3v) is 4.85. The molecule has 2 N–H and O–H groups in total. The summed E-state index contributed by atoms with van der Waals surface area (Å²) in [6.45, 7) is 0.372. The number of halogens is 4. The van der Waals surface area contributed by atoms with Crippen LogP contribution in [0, 0.1) is 0 Å². The zero-order valence-corrected chi connectivity index (χ0v) is 13.2. The lowest BCUT2D eigenvalue weighted by molar-refractivity contribution is 0.567. The molecular formula is C12H23Cl4N. The van der Waals surface area contributed by atoms with E-state index in [1.54, 1.807) is 0 Å². The van der Waals surface area contributed by atoms with Crippen molar-refractivity contribution in [3.63, 3.8) is 0 Å². The Bertz CT molecular complexity index is 169. The van der Waals surface area contributed by atoms with Crippen molar-refractivity contribution in [1.82, 2.24) is 0 Å². The van der Waals surface area contributed by atoms with Crippen LogP contribution in [0.2, 0.25) is 0 Å². The van der Waals surface area contributed by atoms with Gasteiger partial charge in [-0.25, -0.2) is 0 Å². The number of rotatable bonds is 11. The summed E-state index contributed by atoms with van der Waals surface area (Å²) in [6, 6.07) is 0. The molecule has 0 bridgehead atoms. The molecule has 3 unspecified atom stereocenters. The number of alkyl halides is 4. The molecule has 0 spiro atoms. The Hall–Kier alpha value is 1.12. The fourth-order valence-electron chi connectivity index (χ4n) is 1.66. The largest absolute Gasteiger partial charge is 0.329 e. The van der Waals surface area contributed by atoms with Crippen LogP contribution in [-0.4, -0.2) is 28.6 Å². The number of unbranched alkanes of at least 4 members (excludes halogenated alkanes) is 5. The summed E-state index contributed by atoms with van der Waals surface area (Å²) >= 11 is 23.8. The first kappa shape index (κ1) is 18.1. The lowest BCUT2D eigenvalue weighted by atomic mass is 10.1. The Morgan fingerprint density at radius 1 is 0.765 bits per heavy atom. The number of nitrogens with two attached hydrogens (primary N) is 1. The molecule has 1 nitrogen and oxygen atoms in total. The van der Waals surface area contributed by atoms with Crippen LogP contribution >= 0.6 is 46.4 Å². The van der Waals surface area contributed by atoms with Gasteiger partial charge in [-0.05, 0) is 12.8 Å². The average Bonchev–Trinajstić information content (AvgIpc) is 2.35. The molecule has 17 heavy (non-hydrogen) atoms. The van der Waals surface area contributed by atoms with Crippen LogP contribution in [-0.2, 0) is 0 Å². The molecule has 0 aliphatic carbocycles. The standard InChI is InChI=1S/C12H23Cl4N/c13-8-6-4-2-1-3-5-7-10(14)12(16)11(15)9-17/h10-12H,1-9,17H2. The van der Waals surface area contributed by atoms with Crippen molar-refractivity contribution in [3.8, 4) is 0 Å². The number of hydrogen-bond donors (Lipinski definition) is 1. The molecule has 0 aromatic heterocycles. The van der Waals surface area contributed by atoms with Crippen molar-refractivity contribution >= 4 is 46.4 Å². The van der Waals surface area contributed by atoms with Crippen LogP contribution in [0.3, 0.4) is 0 Å². The molecule has 5 heteroatoms. The molecule has 0 aromatic rings. The molecule has 0 heterocycles. The van der Waals surface area contributed by atoms with Crippen molar-refractivity contribution in [3.05, 3.63) is 0 Å². The molecule has 0 saturated heterocycles. The third kappa shape index (κ3) is 9.67. The molecule has 3 atom stereocenters. The van der Waals surface area contributed by atoms with Crippen molar-refractivity contribution in [2.45, 2.75) is 61.1 Å². The Morgan fingerprint density at radius 2 is 1.29 bits per heavy atom. The Labute approximate surface area is 125 Å². The fraction of sp³-hybridized carbons (Fsp3) is 1.00. The second-order valence-electron chi connectivity index (χ2n) is 4.31. The van der Waals surface area contributed by atoms with Gasteiger partial charge in [0, 0.05) is 12.4 Å². The predicted octanol–water partition coefficient (Wildman–Crippen LogP) is 4.74. The van der Waals surface area contributed by atoms with E-state index in [4.69, 9.17) is 52.1 Å². The minimum Gasteiger partial charge on any atom is -0.329 e. The zero-order valence-electron chi connectivity index (χ0n) is 10.2. The fourth-order valence-corrected chi connectivity index (χ4v) is 2.65. The molecule has 104 valence electrons. The van der Waals surface area contributed by atoms with Crippen LogP contribution < -0.4 is 5.73 Å². The van der Waals surface area contributed by atoms with E-state index in [1.165, 1.54) is 25.7 Å². The van der Waals surface area contributed by atoms with Crippen molar-refractivity contribution in [2.75, 3.05) is 12.4 Å². The third-order valence-electron chi connectivity index (χ3n) is 2.78. The predicted molar refractivity (Wildman–Crippen MR) is 81.0 cm³/mol. The molecule has 0 fully saturated rings. The summed E-state index contributed by atoms with van der Waals surface area (Å²) in [4.78, 5) is 0. The van der Waals surface area contributed by atoms with Crippen LogP contribution in [0.15, 0.2) is 0 Å². The van der Waals surface area contributed by atoms with Crippen LogP contribution in [0.5, 0.6) is 0 Å². The van der Waals surface area contributed by atoms with Crippen molar-refractivity contribution < 1.29 is 0 Å². The molecule has 0 saturated carbocycles. The molecule has 0 rings (SSSR count). The highest BCUT2D eigenvalue weighted by atomic mass is 35.5. The second kappa shape index (κ2) is 12.2. The first-order valence-corrected chi connectivity index (χ1v) is 8.16. The maximum Gasteiger partial charge on any atom is 0.0675 e. The summed E-state index contributed by atoms with van der Waals surface area (Å²) in [5.74, 6) is 0.772. The SMILES string of the molecule is NCC(Cl)C(Cl)C(Cl)CCCCCCCCCl. The van der Waals surface area contributed by atoms with Gasteiger partial charge in [0.25, 0.3) is 0 Å². The molecule has 0 radical (unpaired) electrons. The first-order chi connectivity index (χ1) is 8.13. The van der Waals surface area contributed by atoms with E-state index in [-0.39, 0.29) is 16.1 Å². The topological polar surface area (TPSA) is 26.0 Å². The lowest BCUT2D eigenvalue weighted by Crippen LogP contribution is -2.31. The highest BCUT2D eigenvalue weighted by molar-refractivity contribution is 6.35. The van der Waals surface area contributed by atoms with Gasteiger partial charge in [0.15, 0.2) is 0 Å². The van der Waals surface area contributed by atoms with Gasteiger partial charge in [-0.15, -0.1) is 46.4 Å². The van der Waals surface area contributed by atoms with E-state index >= 15 is 0 Å². The van der Waals surface area contributed by atoms with E-state index in [9.17, 15) is 0 Å². The summed E-state index contributed by atoms with van der Waals surface area (Å²) in [5.41, 5.74) is 5.45. The minimum atomic E-state index is -0.236. The molecule has 0 aliphatic rings. The number of hydrogen-bond acceptors (Lipinski definition) is 1. The lowest BCUT2D eigenvalue weighted by Gasteiger charge is -2.19. The Morgan fingerprint density at radius 3 is 1.82 bits per heavy atom. The van der Waals surface area contributed by atoms with Gasteiger partial charge >= 0.3 is 0 Å². The quantitative estimate of drug-likeness (QED) is 0.431. The molecule has 0 aliphatic heterocycles. The van der Waals surface area contributed by atoms with Gasteiger partial charge < -0.3 is 5.73 Å². The Balaban J connectivity index is 3.41. The monoisotopic (exact) mass is 321 g/mol. The molecule has 0 aromatic carbocycles. The molecule has 0 amide bonds. The Kier molecular flexibility index (Phi) is 13.0. The van der Waals surface area contributed by atoms with Crippen molar-refractivity contribution in [1.29, 1.82) is 0 Å². The van der Waals surface area contributed by atoms with Gasteiger partial charge in [-0.2, -0.15) is 0 Å². The summed E-state index contributed by atoms with van der Waals surface area (Å²) in [7, 11) is 0. The van der Waals surface area contributed by atoms with Crippen LogP contribution in [0.25, 0.3) is 0 Å². The van der Waals surface area contributed by atoms with E-state index in [1.807, 2.05) is 0 Å². The van der Waals surface area contributed by atoms with E-state index in [0.717, 1.165) is 25.1 Å². The maximum absolute atomic E-state index is 6.18. The van der Waals surface area contributed by atoms with Crippen LogP contribution in [0.4, 0.5) is 0 Å². The minimum absolute atomic E-state index is 0.0782. The van der Waals surface area contributed by atoms with E-state index in [2.05, 4.69) is 0 Å². The van der Waals surface area contributed by atoms with Gasteiger partial charge in [0.2, 0.25) is 0 Å². The average molecular weight is 323 g/mol. The van der Waals surface area contributed by atoms with Crippen molar-refractivity contribution in [2.24, 2.45) is 5.73 Å². The molecular weight excluding hydrogens is 300 g/mol. The smallest absolute Gasteiger partial charge is 0.0675 e. The van der Waals surface area contributed by atoms with Gasteiger partial charge in [-0.3, -0.25) is 0 Å². The van der Waals surface area contributed by atoms with E-state index in [0.29, 0.717) is 6.54 Å². The first-order valence-electron chi connectivity index (χ1n) is 6.31. The highest BCUT2D eigenvalue weighted by Crippen LogP contribution is 2.23. The normalized spacial score (nSPS) is 16.8. The summed E-state index contributed by atoms with van der Waals surface area (Å²) < 4.78 is 0. The summed E-state index contributed by atoms with van der Waals surface area (Å²) in [6.07, 6.45) is 8.06. The van der Waals surface area contributed by atoms with Gasteiger partial charge in [0.05, 0.1) is 16.1 Å². The highest BCUT2D eigenvalue weighted by Gasteiger charge is 2.23. The van der Waals surface area contributed by atoms with Crippen LogP contribution in [0.1, 0.15) is 44.9 Å². The summed E-state index contributed by atoms with van der Waals surface area (Å²) in [5, 5.41) is -0.548. The maximum atomic E-state index is 6.18. The van der Waals surface area contributed by atoms with Gasteiger partial charge in [-0.1, -0.05) is 32.1 Å². The zero-order chi connectivity index (χ0) is 13.1. The van der Waals surface area contributed by atoms with Gasteiger partial charge in [0.1, 0.15) is 0 Å². The van der Waals surface area contributed by atoms with E-state index < -0.39 is 0 Å².